The van der Waals surface area contributed by atoms with E-state index in [1.807, 2.05) is 24.3 Å². The largest absolute Gasteiger partial charge is 0.370 e. The zero-order chi connectivity index (χ0) is 51.6. The number of carbonyl (C=O) groups excluding carboxylic acids is 9. The predicted octanol–water partition coefficient (Wildman–Crippen LogP) is -2.44. The summed E-state index contributed by atoms with van der Waals surface area (Å²) >= 11 is 8.27. The Hall–Kier alpha value is -7.61. The Bertz CT molecular complexity index is 2540. The van der Waals surface area contributed by atoms with Gasteiger partial charge in [-0.15, -0.1) is 0 Å². The number of hydrogen-bond acceptors (Lipinski definition) is 13. The lowest BCUT2D eigenvalue weighted by molar-refractivity contribution is -0.136. The molecule has 1 aliphatic heterocycles. The number of aromatic nitrogens is 3. The maximum atomic E-state index is 14.5. The van der Waals surface area contributed by atoms with Crippen molar-refractivity contribution in [1.82, 2.24) is 57.1 Å². The molecule has 15 N–H and O–H groups in total. The van der Waals surface area contributed by atoms with Gasteiger partial charge in [0.05, 0.1) is 12.9 Å². The van der Waals surface area contributed by atoms with Crippen molar-refractivity contribution in [2.75, 3.05) is 24.6 Å². The molecule has 1 aliphatic rings. The van der Waals surface area contributed by atoms with Crippen LogP contribution in [0, 0.1) is 0 Å². The second-order valence-corrected chi connectivity index (χ2v) is 17.3. The Kier molecular flexibility index (Phi) is 20.2. The quantitative estimate of drug-likeness (QED) is 0.00974. The zero-order valence-corrected chi connectivity index (χ0v) is 40.5. The number of guanidine groups is 1. The normalized spacial score (nSPS) is 15.2. The summed E-state index contributed by atoms with van der Waals surface area (Å²) in [4.78, 5) is 135. The molecule has 0 aliphatic carbocycles. The highest BCUT2D eigenvalue weighted by Crippen LogP contribution is 2.20. The molecule has 2 aromatic heterocycles. The van der Waals surface area contributed by atoms with E-state index >= 15 is 0 Å². The van der Waals surface area contributed by atoms with Gasteiger partial charge in [-0.1, -0.05) is 48.5 Å². The van der Waals surface area contributed by atoms with Crippen LogP contribution in [0.1, 0.15) is 43.0 Å². The number of benzene rings is 2. The third kappa shape index (κ3) is 15.7. The molecule has 10 amide bonds. The van der Waals surface area contributed by atoms with Gasteiger partial charge in [0.2, 0.25) is 41.4 Å². The molecule has 0 spiro atoms. The first-order valence-corrected chi connectivity index (χ1v) is 23.8. The number of aryl methyl sites for hydroxylation is 1. The molecule has 0 saturated carbocycles. The van der Waals surface area contributed by atoms with Gasteiger partial charge in [0.25, 0.3) is 5.91 Å². The van der Waals surface area contributed by atoms with Crippen molar-refractivity contribution in [3.05, 3.63) is 90.1 Å². The van der Waals surface area contributed by atoms with E-state index in [1.165, 1.54) is 19.4 Å². The van der Waals surface area contributed by atoms with Gasteiger partial charge < -0.3 is 64.4 Å². The highest BCUT2D eigenvalue weighted by molar-refractivity contribution is 7.80. The molecule has 7 atom stereocenters. The standard InChI is InChI=1S/C45H59N15O9S2/c1-24(54-43(68)35(22-71)60-36(61)20-52-45(60)69)38(63)57-33(17-27-19-49-23-53-27)42(67)58-32(16-25-8-3-2-4-9-25)41(66)55-30(12-7-15-50-44(47)48)39(64)56-31(40(65)59-34(21-70)37(46)62)14-13-26-18-51-29-11-6-5-10-28(26)29/h2-6,8-11,18-19,23-24,30-35,51,70-71H,7,12-17,20-22H2,1H3,(H2,46,62)(H,49,53)(H,52,69)(H,54,68)(H,55,66)(H,56,64)(H,57,63)(H,58,67)(H,59,65)(H4,47,48,50). The lowest BCUT2D eigenvalue weighted by atomic mass is 10.0. The second-order valence-electron chi connectivity index (χ2n) is 16.6. The number of amides is 10. The zero-order valence-electron chi connectivity index (χ0n) is 38.7. The molecular weight excluding hydrogens is 959 g/mol. The van der Waals surface area contributed by atoms with E-state index in [-0.39, 0.29) is 62.7 Å². The number of aromatic amines is 2. The Labute approximate surface area is 418 Å². The fourth-order valence-corrected chi connectivity index (χ4v) is 8.16. The molecule has 0 radical (unpaired) electrons. The minimum absolute atomic E-state index is 0.0511. The first kappa shape index (κ1) is 54.3. The number of rotatable bonds is 27. The Morgan fingerprint density at radius 2 is 1.32 bits per heavy atom. The fourth-order valence-electron chi connectivity index (χ4n) is 7.56. The summed E-state index contributed by atoms with van der Waals surface area (Å²) in [6.07, 6.45) is 4.78. The first-order valence-electron chi connectivity index (χ1n) is 22.5. The number of primary amides is 1. The number of imidazole rings is 1. The number of hydrogen-bond donors (Lipinski definition) is 14. The summed E-state index contributed by atoms with van der Waals surface area (Å²) in [6.45, 7) is 1.08. The maximum Gasteiger partial charge on any atom is 0.325 e. The Balaban J connectivity index is 1.38. The van der Waals surface area contributed by atoms with Crippen LogP contribution < -0.4 is 54.4 Å². The SMILES string of the molecule is CC(NC(=O)C(CS)N1C(=O)CNC1=O)C(=O)NC(Cc1cnc[nH]1)C(=O)NC(Cc1ccccc1)C(=O)NC(CCCN=C(N)N)C(=O)NC(CCc1c[nH]c2ccccc12)C(=O)NC(CS)C(N)=O. The second kappa shape index (κ2) is 26.4. The van der Waals surface area contributed by atoms with Crippen LogP contribution in [-0.2, 0) is 57.6 Å². The summed E-state index contributed by atoms with van der Waals surface area (Å²) in [7, 11) is 0. The highest BCUT2D eigenvalue weighted by atomic mass is 32.1. The topological polar surface area (TPSA) is 376 Å². The molecule has 1 fully saturated rings. The minimum atomic E-state index is -1.39. The van der Waals surface area contributed by atoms with Crippen LogP contribution in [0.15, 0.2) is 78.3 Å². The number of carbonyl (C=O) groups is 9. The average molecular weight is 1020 g/mol. The number of para-hydroxylation sites is 1. The van der Waals surface area contributed by atoms with Gasteiger partial charge in [-0.2, -0.15) is 25.3 Å². The number of fused-ring (bicyclic) bond motifs is 1. The average Bonchev–Trinajstić information content (AvgIpc) is 4.10. The number of nitrogens with one attached hydrogen (secondary N) is 9. The van der Waals surface area contributed by atoms with Gasteiger partial charge in [-0.05, 0) is 49.8 Å². The van der Waals surface area contributed by atoms with Gasteiger partial charge in [0, 0.05) is 59.9 Å². The van der Waals surface area contributed by atoms with Crippen molar-refractivity contribution in [1.29, 1.82) is 0 Å². The lowest BCUT2D eigenvalue weighted by Crippen LogP contribution is -2.60. The van der Waals surface area contributed by atoms with Crippen LogP contribution in [0.3, 0.4) is 0 Å². The molecule has 71 heavy (non-hydrogen) atoms. The number of aliphatic imine (C=N–C) groups is 1. The van der Waals surface area contributed by atoms with E-state index < -0.39 is 95.6 Å². The van der Waals surface area contributed by atoms with Crippen molar-refractivity contribution in [3.8, 4) is 0 Å². The van der Waals surface area contributed by atoms with Crippen LogP contribution in [0.5, 0.6) is 0 Å². The van der Waals surface area contributed by atoms with E-state index in [4.69, 9.17) is 17.2 Å². The van der Waals surface area contributed by atoms with E-state index in [1.54, 1.807) is 36.5 Å². The number of imide groups is 1. The van der Waals surface area contributed by atoms with Crippen LogP contribution in [0.4, 0.5) is 4.79 Å². The fraction of sp³-hybridized carbons (Fsp3) is 0.400. The monoisotopic (exact) mass is 1020 g/mol. The Morgan fingerprint density at radius 3 is 1.93 bits per heavy atom. The third-order valence-corrected chi connectivity index (χ3v) is 12.1. The molecule has 26 heteroatoms. The van der Waals surface area contributed by atoms with Gasteiger partial charge in [0.1, 0.15) is 42.3 Å². The van der Waals surface area contributed by atoms with Crippen LogP contribution in [-0.4, -0.2) is 146 Å². The summed E-state index contributed by atoms with van der Waals surface area (Å²) in [6, 6.07) is 6.20. The minimum Gasteiger partial charge on any atom is -0.370 e. The van der Waals surface area contributed by atoms with Crippen molar-refractivity contribution < 1.29 is 43.2 Å². The number of thiol groups is 2. The van der Waals surface area contributed by atoms with Gasteiger partial charge in [0.15, 0.2) is 5.96 Å². The van der Waals surface area contributed by atoms with Crippen LogP contribution in [0.25, 0.3) is 10.9 Å². The van der Waals surface area contributed by atoms with Gasteiger partial charge >= 0.3 is 6.03 Å². The molecular formula is C45H59N15O9S2. The summed E-state index contributed by atoms with van der Waals surface area (Å²) in [5.74, 6) is -6.94. The smallest absolute Gasteiger partial charge is 0.325 e. The molecule has 380 valence electrons. The summed E-state index contributed by atoms with van der Waals surface area (Å²) in [5.41, 5.74) is 19.3. The highest BCUT2D eigenvalue weighted by Gasteiger charge is 2.39. The molecule has 7 unspecified atom stereocenters. The van der Waals surface area contributed by atoms with E-state index in [9.17, 15) is 43.2 Å². The van der Waals surface area contributed by atoms with Gasteiger partial charge in [-0.25, -0.2) is 14.7 Å². The molecule has 3 heterocycles. The van der Waals surface area contributed by atoms with E-state index in [2.05, 4.69) is 82.4 Å². The molecule has 1 saturated heterocycles. The first-order chi connectivity index (χ1) is 34.0. The molecule has 2 aromatic carbocycles. The maximum absolute atomic E-state index is 14.5. The van der Waals surface area contributed by atoms with Crippen molar-refractivity contribution >= 4 is 95.4 Å². The number of urea groups is 1. The number of nitrogens with zero attached hydrogens (tertiary/aromatic N) is 3. The van der Waals surface area contributed by atoms with Gasteiger partial charge in [-0.3, -0.25) is 43.3 Å². The van der Waals surface area contributed by atoms with Crippen LogP contribution in [0.2, 0.25) is 0 Å². The number of nitrogens with two attached hydrogens (primary N) is 3. The van der Waals surface area contributed by atoms with Crippen LogP contribution >= 0.6 is 25.3 Å². The predicted molar refractivity (Wildman–Crippen MR) is 267 cm³/mol. The molecule has 5 rings (SSSR count). The molecule has 4 aromatic rings. The molecule has 24 nitrogen and oxygen atoms in total. The van der Waals surface area contributed by atoms with E-state index in [0.29, 0.717) is 22.6 Å². The lowest BCUT2D eigenvalue weighted by Gasteiger charge is -2.28. The molecule has 0 bridgehead atoms. The van der Waals surface area contributed by atoms with Crippen molar-refractivity contribution in [3.63, 3.8) is 0 Å². The van der Waals surface area contributed by atoms with E-state index in [0.717, 1.165) is 16.5 Å². The number of H-pyrrole nitrogens is 2. The van der Waals surface area contributed by atoms with Crippen molar-refractivity contribution in [2.45, 2.75) is 87.7 Å². The van der Waals surface area contributed by atoms with Crippen molar-refractivity contribution in [2.24, 2.45) is 22.2 Å². The summed E-state index contributed by atoms with van der Waals surface area (Å²) < 4.78 is 0. The summed E-state index contributed by atoms with van der Waals surface area (Å²) in [5, 5.41) is 19.0. The third-order valence-electron chi connectivity index (χ3n) is 11.4. The Morgan fingerprint density at radius 1 is 0.718 bits per heavy atom.